The normalized spacial score (nSPS) is 14.6. The van der Waals surface area contributed by atoms with Gasteiger partial charge in [-0.2, -0.15) is 0 Å². The first-order chi connectivity index (χ1) is 13.5. The zero-order chi connectivity index (χ0) is 20.1. The van der Waals surface area contributed by atoms with E-state index < -0.39 is 10.9 Å². The lowest BCUT2D eigenvalue weighted by molar-refractivity contribution is -0.385. The fourth-order valence-electron chi connectivity index (χ4n) is 2.64. The van der Waals surface area contributed by atoms with Crippen LogP contribution >= 0.6 is 0 Å². The second kappa shape index (κ2) is 8.34. The molecule has 28 heavy (non-hydrogen) atoms. The molecule has 0 bridgehead atoms. The van der Waals surface area contributed by atoms with E-state index >= 15 is 0 Å². The van der Waals surface area contributed by atoms with Gasteiger partial charge in [0.2, 0.25) is 5.90 Å². The molecule has 0 amide bonds. The van der Waals surface area contributed by atoms with Crippen LogP contribution in [0.4, 0.5) is 5.69 Å². The highest BCUT2D eigenvalue weighted by molar-refractivity contribution is 6.13. The minimum absolute atomic E-state index is 0.0337. The van der Waals surface area contributed by atoms with Crippen LogP contribution in [0.25, 0.3) is 6.08 Å². The molecule has 1 aliphatic rings. The third-order valence-corrected chi connectivity index (χ3v) is 3.82. The number of ether oxygens (including phenoxy) is 3. The van der Waals surface area contributed by atoms with E-state index in [9.17, 15) is 14.9 Å². The minimum Gasteiger partial charge on any atom is -0.490 e. The quantitative estimate of drug-likeness (QED) is 0.313. The molecule has 0 saturated carbocycles. The van der Waals surface area contributed by atoms with E-state index in [4.69, 9.17) is 14.2 Å². The molecule has 8 heteroatoms. The molecule has 2 aromatic carbocycles. The summed E-state index contributed by atoms with van der Waals surface area (Å²) >= 11 is 0. The largest absolute Gasteiger partial charge is 0.490 e. The summed E-state index contributed by atoms with van der Waals surface area (Å²) in [4.78, 5) is 27.3. The number of aliphatic imine (C=N–C) groups is 1. The minimum atomic E-state index is -0.681. The third kappa shape index (κ3) is 4.01. The fourth-order valence-corrected chi connectivity index (χ4v) is 2.64. The van der Waals surface area contributed by atoms with E-state index in [2.05, 4.69) is 4.99 Å². The summed E-state index contributed by atoms with van der Waals surface area (Å²) in [5.41, 5.74) is 0.543. The second-order valence-corrected chi connectivity index (χ2v) is 5.68. The molecule has 0 spiro atoms. The Hall–Kier alpha value is -3.68. The summed E-state index contributed by atoms with van der Waals surface area (Å²) in [6.45, 7) is 4.24. The zero-order valence-corrected chi connectivity index (χ0v) is 15.4. The molecule has 0 radical (unpaired) electrons. The van der Waals surface area contributed by atoms with E-state index in [1.165, 1.54) is 18.2 Å². The van der Waals surface area contributed by atoms with Crippen molar-refractivity contribution in [2.24, 2.45) is 4.99 Å². The molecule has 3 rings (SSSR count). The Morgan fingerprint density at radius 1 is 1.11 bits per heavy atom. The van der Waals surface area contributed by atoms with Crippen LogP contribution in [0.2, 0.25) is 0 Å². The van der Waals surface area contributed by atoms with Gasteiger partial charge in [0.05, 0.1) is 29.8 Å². The predicted molar refractivity (Wildman–Crippen MR) is 102 cm³/mol. The lowest BCUT2D eigenvalue weighted by atomic mass is 10.1. The van der Waals surface area contributed by atoms with Gasteiger partial charge in [-0.1, -0.05) is 18.2 Å². The molecule has 0 N–H and O–H groups in total. The summed E-state index contributed by atoms with van der Waals surface area (Å²) in [6.07, 6.45) is 1.31. The highest BCUT2D eigenvalue weighted by Crippen LogP contribution is 2.36. The Balaban J connectivity index is 2.06. The van der Waals surface area contributed by atoms with Gasteiger partial charge in [-0.25, -0.2) is 9.79 Å². The number of hydrogen-bond acceptors (Lipinski definition) is 7. The lowest BCUT2D eigenvalue weighted by Gasteiger charge is -2.11. The lowest BCUT2D eigenvalue weighted by Crippen LogP contribution is -2.05. The van der Waals surface area contributed by atoms with Crippen LogP contribution in [0.1, 0.15) is 25.0 Å². The van der Waals surface area contributed by atoms with Crippen LogP contribution in [0, 0.1) is 10.1 Å². The van der Waals surface area contributed by atoms with Gasteiger partial charge in [-0.3, -0.25) is 10.1 Å². The topological polar surface area (TPSA) is 100 Å². The van der Waals surface area contributed by atoms with Gasteiger partial charge in [-0.05, 0) is 38.1 Å². The predicted octanol–water partition coefficient (Wildman–Crippen LogP) is 3.74. The van der Waals surface area contributed by atoms with Gasteiger partial charge < -0.3 is 14.2 Å². The number of carbonyl (C=O) groups is 1. The average Bonchev–Trinajstić information content (AvgIpc) is 3.05. The summed E-state index contributed by atoms with van der Waals surface area (Å²) in [6, 6.07) is 11.7. The highest BCUT2D eigenvalue weighted by atomic mass is 16.6. The number of carbonyl (C=O) groups excluding carboxylic acids is 1. The standard InChI is InChI=1S/C20H18N2O6/c1-3-26-17-11-14(16(22(24)25)12-18(17)27-4-2)10-15-20(23)28-19(21-15)13-8-6-5-7-9-13/h5-12H,3-4H2,1-2H3/b15-10+. The van der Waals surface area contributed by atoms with E-state index in [-0.39, 0.29) is 28.6 Å². The Bertz CT molecular complexity index is 966. The van der Waals surface area contributed by atoms with Crippen molar-refractivity contribution in [3.8, 4) is 11.5 Å². The Morgan fingerprint density at radius 2 is 1.75 bits per heavy atom. The zero-order valence-electron chi connectivity index (χ0n) is 15.4. The Kier molecular flexibility index (Phi) is 5.69. The number of hydrogen-bond donors (Lipinski definition) is 0. The first-order valence-electron chi connectivity index (χ1n) is 8.69. The molecule has 0 atom stereocenters. The molecular weight excluding hydrogens is 364 g/mol. The smallest absolute Gasteiger partial charge is 0.363 e. The number of rotatable bonds is 7. The van der Waals surface area contributed by atoms with Crippen LogP contribution in [-0.4, -0.2) is 30.0 Å². The highest BCUT2D eigenvalue weighted by Gasteiger charge is 2.26. The van der Waals surface area contributed by atoms with E-state index in [1.54, 1.807) is 38.1 Å². The summed E-state index contributed by atoms with van der Waals surface area (Å²) in [7, 11) is 0. The average molecular weight is 382 g/mol. The third-order valence-electron chi connectivity index (χ3n) is 3.82. The van der Waals surface area contributed by atoms with Crippen molar-refractivity contribution in [2.45, 2.75) is 13.8 Å². The summed E-state index contributed by atoms with van der Waals surface area (Å²) < 4.78 is 16.1. The Labute approximate surface area is 161 Å². The van der Waals surface area contributed by atoms with E-state index in [1.807, 2.05) is 6.07 Å². The van der Waals surface area contributed by atoms with Crippen molar-refractivity contribution >= 4 is 23.6 Å². The molecule has 2 aromatic rings. The number of cyclic esters (lactones) is 1. The molecule has 0 aliphatic carbocycles. The molecule has 0 saturated heterocycles. The van der Waals surface area contributed by atoms with Crippen LogP contribution in [0.15, 0.2) is 53.2 Å². The molecule has 8 nitrogen and oxygen atoms in total. The van der Waals surface area contributed by atoms with Crippen molar-refractivity contribution in [1.29, 1.82) is 0 Å². The maximum absolute atomic E-state index is 12.2. The van der Waals surface area contributed by atoms with Crippen LogP contribution in [0.3, 0.4) is 0 Å². The maximum Gasteiger partial charge on any atom is 0.363 e. The number of esters is 1. The van der Waals surface area contributed by atoms with Crippen LogP contribution < -0.4 is 9.47 Å². The fraction of sp³-hybridized carbons (Fsp3) is 0.200. The molecule has 0 aromatic heterocycles. The van der Waals surface area contributed by atoms with Crippen molar-refractivity contribution in [2.75, 3.05) is 13.2 Å². The van der Waals surface area contributed by atoms with Gasteiger partial charge in [0.1, 0.15) is 0 Å². The second-order valence-electron chi connectivity index (χ2n) is 5.68. The number of benzene rings is 2. The molecular formula is C20H18N2O6. The first kappa shape index (κ1) is 19.1. The monoisotopic (exact) mass is 382 g/mol. The molecule has 0 fully saturated rings. The van der Waals surface area contributed by atoms with Gasteiger partial charge in [-0.15, -0.1) is 0 Å². The summed E-state index contributed by atoms with van der Waals surface area (Å²) in [5.74, 6) is 0.0802. The van der Waals surface area contributed by atoms with Gasteiger partial charge in [0.15, 0.2) is 17.2 Å². The van der Waals surface area contributed by atoms with Crippen LogP contribution in [0.5, 0.6) is 11.5 Å². The molecule has 1 heterocycles. The first-order valence-corrected chi connectivity index (χ1v) is 8.69. The van der Waals surface area contributed by atoms with Crippen LogP contribution in [-0.2, 0) is 9.53 Å². The van der Waals surface area contributed by atoms with Crippen molar-refractivity contribution < 1.29 is 23.9 Å². The van der Waals surface area contributed by atoms with Crippen molar-refractivity contribution in [1.82, 2.24) is 0 Å². The number of nitro groups is 1. The van der Waals surface area contributed by atoms with Gasteiger partial charge in [0.25, 0.3) is 5.69 Å². The van der Waals surface area contributed by atoms with E-state index in [0.717, 1.165) is 0 Å². The summed E-state index contributed by atoms with van der Waals surface area (Å²) in [5, 5.41) is 11.5. The van der Waals surface area contributed by atoms with E-state index in [0.29, 0.717) is 24.5 Å². The van der Waals surface area contributed by atoms with Gasteiger partial charge in [0, 0.05) is 5.56 Å². The SMILES string of the molecule is CCOc1cc(/C=C2/N=C(c3ccccc3)OC2=O)c([N+](=O)[O-])cc1OCC. The van der Waals surface area contributed by atoms with Crippen molar-refractivity contribution in [3.05, 3.63) is 69.4 Å². The number of nitro benzene ring substituents is 1. The molecule has 1 aliphatic heterocycles. The van der Waals surface area contributed by atoms with Crippen molar-refractivity contribution in [3.63, 3.8) is 0 Å². The molecule has 0 unspecified atom stereocenters. The number of nitrogens with zero attached hydrogens (tertiary/aromatic N) is 2. The molecule has 144 valence electrons. The maximum atomic E-state index is 12.2. The van der Waals surface area contributed by atoms with Gasteiger partial charge >= 0.3 is 5.97 Å². The Morgan fingerprint density at radius 3 is 2.36 bits per heavy atom.